The smallest absolute Gasteiger partial charge is 0.0437 e. The van der Waals surface area contributed by atoms with Crippen LogP contribution in [0.2, 0.25) is 0 Å². The molecule has 0 bridgehead atoms. The Morgan fingerprint density at radius 2 is 1.54 bits per heavy atom. The van der Waals surface area contributed by atoms with Crippen LogP contribution in [0.4, 0.5) is 0 Å². The van der Waals surface area contributed by atoms with Crippen molar-refractivity contribution in [3.8, 4) is 0 Å². The van der Waals surface area contributed by atoms with Gasteiger partial charge >= 0.3 is 0 Å². The van der Waals surface area contributed by atoms with Crippen LogP contribution in [0.15, 0.2) is 5.10 Å². The summed E-state index contributed by atoms with van der Waals surface area (Å²) in [4.78, 5) is 0. The van der Waals surface area contributed by atoms with E-state index in [-0.39, 0.29) is 0 Å². The Morgan fingerprint density at radius 3 is 2.15 bits per heavy atom. The molecule has 2 aliphatic carbocycles. The first kappa shape index (κ1) is 9.04. The number of hydrogen-bond donors (Lipinski definition) is 1. The molecule has 13 heavy (non-hydrogen) atoms. The molecule has 0 aromatic rings. The largest absolute Gasteiger partial charge is 0.323 e. The Kier molecular flexibility index (Phi) is 2.56. The van der Waals surface area contributed by atoms with Crippen LogP contribution in [0.1, 0.15) is 57.8 Å². The van der Waals surface area contributed by atoms with Crippen molar-refractivity contribution in [2.75, 3.05) is 0 Å². The molecule has 0 unspecified atom stereocenters. The number of rotatable bonds is 0. The van der Waals surface area contributed by atoms with Crippen LogP contribution >= 0.6 is 0 Å². The highest BCUT2D eigenvalue weighted by Crippen LogP contribution is 2.45. The second-order valence-electron chi connectivity index (χ2n) is 4.62. The Balaban J connectivity index is 2.15. The van der Waals surface area contributed by atoms with Gasteiger partial charge in [0.15, 0.2) is 0 Å². The fourth-order valence-electron chi connectivity index (χ4n) is 3.13. The van der Waals surface area contributed by atoms with Crippen molar-refractivity contribution >= 4 is 5.71 Å². The average molecular weight is 180 g/mol. The Labute approximate surface area is 80.6 Å². The molecule has 1 spiro atoms. The highest BCUT2D eigenvalue weighted by molar-refractivity contribution is 5.90. The molecule has 0 aromatic carbocycles. The van der Waals surface area contributed by atoms with Gasteiger partial charge in [0.25, 0.3) is 0 Å². The molecule has 74 valence electrons. The van der Waals surface area contributed by atoms with Gasteiger partial charge in [-0.3, -0.25) is 0 Å². The van der Waals surface area contributed by atoms with E-state index >= 15 is 0 Å². The van der Waals surface area contributed by atoms with Gasteiger partial charge in [-0.15, -0.1) is 0 Å². The molecule has 2 nitrogen and oxygen atoms in total. The second kappa shape index (κ2) is 3.69. The molecule has 2 fully saturated rings. The fraction of sp³-hybridized carbons (Fsp3) is 0.909. The number of hydrazone groups is 1. The molecule has 2 rings (SSSR count). The van der Waals surface area contributed by atoms with Crippen LogP contribution < -0.4 is 5.84 Å². The molecule has 0 aliphatic heterocycles. The SMILES string of the molecule is N/N=C1/CCCCC12CCCCC2. The summed E-state index contributed by atoms with van der Waals surface area (Å²) in [5.41, 5.74) is 1.78. The first-order valence-electron chi connectivity index (χ1n) is 5.65. The zero-order chi connectivity index (χ0) is 9.15. The van der Waals surface area contributed by atoms with E-state index in [4.69, 9.17) is 5.84 Å². The summed E-state index contributed by atoms with van der Waals surface area (Å²) >= 11 is 0. The maximum atomic E-state index is 5.50. The van der Waals surface area contributed by atoms with E-state index in [0.29, 0.717) is 5.41 Å². The summed E-state index contributed by atoms with van der Waals surface area (Å²) in [5.74, 6) is 5.50. The Morgan fingerprint density at radius 1 is 0.923 bits per heavy atom. The zero-order valence-corrected chi connectivity index (χ0v) is 8.39. The normalized spacial score (nSPS) is 30.9. The monoisotopic (exact) mass is 180 g/mol. The van der Waals surface area contributed by atoms with E-state index in [1.807, 2.05) is 0 Å². The van der Waals surface area contributed by atoms with Crippen molar-refractivity contribution in [2.24, 2.45) is 16.4 Å². The minimum absolute atomic E-state index is 0.450. The molecular formula is C11H20N2. The van der Waals surface area contributed by atoms with Gasteiger partial charge in [-0.1, -0.05) is 25.7 Å². The topological polar surface area (TPSA) is 38.4 Å². The quantitative estimate of drug-likeness (QED) is 0.452. The minimum atomic E-state index is 0.450. The maximum Gasteiger partial charge on any atom is 0.0437 e. The fourth-order valence-corrected chi connectivity index (χ4v) is 3.13. The van der Waals surface area contributed by atoms with Gasteiger partial charge in [-0.2, -0.15) is 5.10 Å². The van der Waals surface area contributed by atoms with E-state index < -0.39 is 0 Å². The lowest BCUT2D eigenvalue weighted by atomic mass is 9.64. The van der Waals surface area contributed by atoms with Gasteiger partial charge in [0.2, 0.25) is 0 Å². The maximum absolute atomic E-state index is 5.50. The van der Waals surface area contributed by atoms with Gasteiger partial charge in [0.1, 0.15) is 0 Å². The summed E-state index contributed by atoms with van der Waals surface area (Å²) in [6.45, 7) is 0. The summed E-state index contributed by atoms with van der Waals surface area (Å²) in [7, 11) is 0. The van der Waals surface area contributed by atoms with Crippen molar-refractivity contribution in [3.05, 3.63) is 0 Å². The third kappa shape index (κ3) is 1.59. The number of nitrogens with zero attached hydrogens (tertiary/aromatic N) is 1. The van der Waals surface area contributed by atoms with Gasteiger partial charge in [-0.05, 0) is 32.1 Å². The lowest BCUT2D eigenvalue weighted by Crippen LogP contribution is -2.36. The van der Waals surface area contributed by atoms with Crippen LogP contribution in [-0.4, -0.2) is 5.71 Å². The molecule has 0 aromatic heterocycles. The van der Waals surface area contributed by atoms with E-state index in [1.165, 1.54) is 57.1 Å². The molecule has 2 saturated carbocycles. The molecule has 0 heterocycles. The predicted octanol–water partition coefficient (Wildman–Crippen LogP) is 2.83. The molecule has 0 atom stereocenters. The summed E-state index contributed by atoms with van der Waals surface area (Å²) in [6.07, 6.45) is 12.1. The summed E-state index contributed by atoms with van der Waals surface area (Å²) in [6, 6.07) is 0. The van der Waals surface area contributed by atoms with Gasteiger partial charge in [0, 0.05) is 11.1 Å². The van der Waals surface area contributed by atoms with Gasteiger partial charge in [0.05, 0.1) is 0 Å². The zero-order valence-electron chi connectivity index (χ0n) is 8.39. The standard InChI is InChI=1S/C11H20N2/c12-13-10-6-2-5-9-11(10)7-3-1-4-8-11/h1-9,12H2/b13-10-. The molecule has 0 saturated heterocycles. The van der Waals surface area contributed by atoms with E-state index in [0.717, 1.165) is 6.42 Å². The third-order valence-corrected chi connectivity index (χ3v) is 3.90. The van der Waals surface area contributed by atoms with Crippen molar-refractivity contribution in [1.29, 1.82) is 0 Å². The van der Waals surface area contributed by atoms with Gasteiger partial charge < -0.3 is 5.84 Å². The molecule has 0 amide bonds. The highest BCUT2D eigenvalue weighted by Gasteiger charge is 2.38. The summed E-state index contributed by atoms with van der Waals surface area (Å²) < 4.78 is 0. The predicted molar refractivity (Wildman–Crippen MR) is 55.6 cm³/mol. The van der Waals surface area contributed by atoms with E-state index in [1.54, 1.807) is 0 Å². The van der Waals surface area contributed by atoms with Crippen LogP contribution in [-0.2, 0) is 0 Å². The van der Waals surface area contributed by atoms with E-state index in [2.05, 4.69) is 5.10 Å². The third-order valence-electron chi connectivity index (χ3n) is 3.90. The lowest BCUT2D eigenvalue weighted by Gasteiger charge is -2.41. The first-order chi connectivity index (χ1) is 6.37. The lowest BCUT2D eigenvalue weighted by molar-refractivity contribution is 0.239. The van der Waals surface area contributed by atoms with Crippen LogP contribution in [0.3, 0.4) is 0 Å². The second-order valence-corrected chi connectivity index (χ2v) is 4.62. The Bertz CT molecular complexity index is 194. The van der Waals surface area contributed by atoms with Crippen LogP contribution in [0.5, 0.6) is 0 Å². The molecule has 2 aliphatic rings. The van der Waals surface area contributed by atoms with E-state index in [9.17, 15) is 0 Å². The first-order valence-corrected chi connectivity index (χ1v) is 5.65. The molecule has 2 N–H and O–H groups in total. The highest BCUT2D eigenvalue weighted by atomic mass is 15.1. The van der Waals surface area contributed by atoms with Crippen LogP contribution in [0.25, 0.3) is 0 Å². The van der Waals surface area contributed by atoms with Crippen molar-refractivity contribution in [1.82, 2.24) is 0 Å². The number of nitrogens with two attached hydrogens (primary N) is 1. The average Bonchev–Trinajstić information content (AvgIpc) is 2.20. The minimum Gasteiger partial charge on any atom is -0.323 e. The van der Waals surface area contributed by atoms with Crippen LogP contribution in [0, 0.1) is 5.41 Å². The Hall–Kier alpha value is -0.530. The van der Waals surface area contributed by atoms with Crippen molar-refractivity contribution in [3.63, 3.8) is 0 Å². The number of hydrogen-bond acceptors (Lipinski definition) is 2. The van der Waals surface area contributed by atoms with Crippen molar-refractivity contribution in [2.45, 2.75) is 57.8 Å². The molecular weight excluding hydrogens is 160 g/mol. The summed E-state index contributed by atoms with van der Waals surface area (Å²) in [5, 5.41) is 4.04. The van der Waals surface area contributed by atoms with Gasteiger partial charge in [-0.25, -0.2) is 0 Å². The van der Waals surface area contributed by atoms with Crippen molar-refractivity contribution < 1.29 is 0 Å². The molecule has 2 heteroatoms. The molecule has 0 radical (unpaired) electrons.